The van der Waals surface area contributed by atoms with E-state index in [2.05, 4.69) is 5.32 Å². The van der Waals surface area contributed by atoms with Crippen LogP contribution in [0.25, 0.3) is 0 Å². The molecule has 1 aliphatic rings. The van der Waals surface area contributed by atoms with Gasteiger partial charge in [0.05, 0.1) is 13.7 Å². The summed E-state index contributed by atoms with van der Waals surface area (Å²) in [6.07, 6.45) is 0. The number of sulfonamides is 1. The van der Waals surface area contributed by atoms with Gasteiger partial charge in [0.1, 0.15) is 10.6 Å². The molecule has 29 heavy (non-hydrogen) atoms. The third kappa shape index (κ3) is 5.27. The number of piperazine rings is 1. The molecule has 1 aliphatic heterocycles. The maximum Gasteiger partial charge on any atom is 0.247 e. The molecular weight excluding hydrogens is 414 g/mol. The van der Waals surface area contributed by atoms with Gasteiger partial charge in [-0.1, -0.05) is 41.9 Å². The maximum absolute atomic E-state index is 13.5. The highest BCUT2D eigenvalue weighted by Crippen LogP contribution is 2.30. The van der Waals surface area contributed by atoms with Crippen molar-refractivity contribution in [2.75, 3.05) is 39.8 Å². The van der Waals surface area contributed by atoms with E-state index in [4.69, 9.17) is 16.3 Å². The molecule has 2 aromatic carbocycles. The molecule has 0 aliphatic carbocycles. The molecule has 156 valence electrons. The van der Waals surface area contributed by atoms with Crippen LogP contribution in [0.4, 0.5) is 0 Å². The Kier molecular flexibility index (Phi) is 7.13. The molecule has 3 rings (SSSR count). The molecule has 0 spiro atoms. The van der Waals surface area contributed by atoms with Crippen LogP contribution in [0.5, 0.6) is 5.75 Å². The quantitative estimate of drug-likeness (QED) is 0.716. The third-order valence-electron chi connectivity index (χ3n) is 4.73. The highest BCUT2D eigenvalue weighted by Gasteiger charge is 2.31. The lowest BCUT2D eigenvalue weighted by Gasteiger charge is -2.30. The van der Waals surface area contributed by atoms with Crippen LogP contribution in [0.15, 0.2) is 53.4 Å². The predicted octanol–water partition coefficient (Wildman–Crippen LogP) is 1.97. The Morgan fingerprint density at radius 2 is 1.86 bits per heavy atom. The molecule has 0 aromatic heterocycles. The normalized spacial score (nSPS) is 14.8. The number of hydrogen-bond acceptors (Lipinski definition) is 5. The van der Waals surface area contributed by atoms with Gasteiger partial charge in [0, 0.05) is 37.7 Å². The van der Waals surface area contributed by atoms with E-state index in [1.165, 1.54) is 23.5 Å². The summed E-state index contributed by atoms with van der Waals surface area (Å²) in [4.78, 5) is 14.5. The molecule has 0 saturated carbocycles. The summed E-state index contributed by atoms with van der Waals surface area (Å²) in [5.74, 6) is -0.0471. The van der Waals surface area contributed by atoms with Gasteiger partial charge >= 0.3 is 0 Å². The number of nitrogens with zero attached hydrogens (tertiary/aromatic N) is 2. The standard InChI is InChI=1S/C20H24ClN3O4S/c1-28-18-8-7-17(21)13-19(18)29(26,27)24(14-16-5-3-2-4-6-16)15-20(25)23-11-9-22-10-12-23/h2-8,13,22H,9-12,14-15H2,1H3. The van der Waals surface area contributed by atoms with Gasteiger partial charge in [-0.2, -0.15) is 4.31 Å². The number of methoxy groups -OCH3 is 1. The molecule has 0 unspecified atom stereocenters. The van der Waals surface area contributed by atoms with E-state index < -0.39 is 10.0 Å². The summed E-state index contributed by atoms with van der Waals surface area (Å²) in [6.45, 7) is 2.30. The number of rotatable bonds is 7. The van der Waals surface area contributed by atoms with Crippen molar-refractivity contribution in [2.45, 2.75) is 11.4 Å². The summed E-state index contributed by atoms with van der Waals surface area (Å²) in [5.41, 5.74) is 0.783. The predicted molar refractivity (Wildman–Crippen MR) is 111 cm³/mol. The zero-order chi connectivity index (χ0) is 20.9. The van der Waals surface area contributed by atoms with Gasteiger partial charge < -0.3 is 15.0 Å². The molecule has 1 saturated heterocycles. The Balaban J connectivity index is 1.95. The number of amides is 1. The first-order valence-electron chi connectivity index (χ1n) is 9.28. The van der Waals surface area contributed by atoms with E-state index in [1.807, 2.05) is 30.3 Å². The lowest BCUT2D eigenvalue weighted by atomic mass is 10.2. The lowest BCUT2D eigenvalue weighted by Crippen LogP contribution is -2.50. The minimum absolute atomic E-state index is 0.0588. The maximum atomic E-state index is 13.5. The smallest absolute Gasteiger partial charge is 0.247 e. The second kappa shape index (κ2) is 9.58. The molecule has 1 N–H and O–H groups in total. The number of benzene rings is 2. The van der Waals surface area contributed by atoms with E-state index in [-0.39, 0.29) is 34.7 Å². The van der Waals surface area contributed by atoms with Crippen molar-refractivity contribution in [3.63, 3.8) is 0 Å². The van der Waals surface area contributed by atoms with E-state index >= 15 is 0 Å². The summed E-state index contributed by atoms with van der Waals surface area (Å²) >= 11 is 6.05. The van der Waals surface area contributed by atoms with Gasteiger partial charge in [0.15, 0.2) is 0 Å². The largest absolute Gasteiger partial charge is 0.495 e. The average molecular weight is 438 g/mol. The first-order chi connectivity index (χ1) is 13.9. The van der Waals surface area contributed by atoms with Crippen molar-refractivity contribution >= 4 is 27.5 Å². The molecule has 1 amide bonds. The fraction of sp³-hybridized carbons (Fsp3) is 0.350. The summed E-state index contributed by atoms with van der Waals surface area (Å²) in [7, 11) is -2.64. The van der Waals surface area contributed by atoms with E-state index in [0.29, 0.717) is 26.2 Å². The molecule has 1 heterocycles. The molecule has 7 nitrogen and oxygen atoms in total. The number of carbonyl (C=O) groups is 1. The van der Waals surface area contributed by atoms with Crippen LogP contribution in [0.2, 0.25) is 5.02 Å². The minimum Gasteiger partial charge on any atom is -0.495 e. The van der Waals surface area contributed by atoms with E-state index in [9.17, 15) is 13.2 Å². The Morgan fingerprint density at radius 1 is 1.17 bits per heavy atom. The fourth-order valence-corrected chi connectivity index (χ4v) is 4.97. The third-order valence-corrected chi connectivity index (χ3v) is 6.77. The van der Waals surface area contributed by atoms with Gasteiger partial charge in [-0.25, -0.2) is 8.42 Å². The van der Waals surface area contributed by atoms with Crippen molar-refractivity contribution in [2.24, 2.45) is 0 Å². The first kappa shape index (κ1) is 21.6. The van der Waals surface area contributed by atoms with Gasteiger partial charge in [-0.3, -0.25) is 4.79 Å². The topological polar surface area (TPSA) is 79.0 Å². The number of nitrogens with one attached hydrogen (secondary N) is 1. The molecule has 0 atom stereocenters. The highest BCUT2D eigenvalue weighted by atomic mass is 35.5. The average Bonchev–Trinajstić information content (AvgIpc) is 2.74. The van der Waals surface area contributed by atoms with Crippen molar-refractivity contribution in [1.82, 2.24) is 14.5 Å². The molecule has 0 bridgehead atoms. The minimum atomic E-state index is -4.04. The first-order valence-corrected chi connectivity index (χ1v) is 11.1. The van der Waals surface area contributed by atoms with Crippen LogP contribution in [0.1, 0.15) is 5.56 Å². The van der Waals surface area contributed by atoms with Crippen molar-refractivity contribution in [3.8, 4) is 5.75 Å². The van der Waals surface area contributed by atoms with Crippen molar-refractivity contribution in [1.29, 1.82) is 0 Å². The summed E-state index contributed by atoms with van der Waals surface area (Å²) in [5, 5.41) is 3.46. The number of halogens is 1. The van der Waals surface area contributed by atoms with Crippen LogP contribution < -0.4 is 10.1 Å². The SMILES string of the molecule is COc1ccc(Cl)cc1S(=O)(=O)N(CC(=O)N1CCNCC1)Cc1ccccc1. The van der Waals surface area contributed by atoms with Crippen LogP contribution in [-0.4, -0.2) is 63.4 Å². The number of carbonyl (C=O) groups excluding carboxylic acids is 1. The summed E-state index contributed by atoms with van der Waals surface area (Å²) in [6, 6.07) is 13.6. The van der Waals surface area contributed by atoms with Crippen molar-refractivity contribution in [3.05, 3.63) is 59.1 Å². The number of hydrogen-bond donors (Lipinski definition) is 1. The van der Waals surface area contributed by atoms with Crippen LogP contribution in [0.3, 0.4) is 0 Å². The zero-order valence-corrected chi connectivity index (χ0v) is 17.7. The van der Waals surface area contributed by atoms with Gasteiger partial charge in [-0.15, -0.1) is 0 Å². The Hall–Kier alpha value is -2.13. The van der Waals surface area contributed by atoms with Crippen LogP contribution in [0, 0.1) is 0 Å². The van der Waals surface area contributed by atoms with Crippen LogP contribution >= 0.6 is 11.6 Å². The van der Waals surface area contributed by atoms with E-state index in [1.54, 1.807) is 11.0 Å². The molecule has 0 radical (unpaired) electrons. The second-order valence-corrected chi connectivity index (χ2v) is 9.03. The second-order valence-electron chi connectivity index (χ2n) is 6.68. The van der Waals surface area contributed by atoms with Gasteiger partial charge in [0.25, 0.3) is 0 Å². The van der Waals surface area contributed by atoms with Crippen LogP contribution in [-0.2, 0) is 21.4 Å². The van der Waals surface area contributed by atoms with Crippen molar-refractivity contribution < 1.29 is 17.9 Å². The monoisotopic (exact) mass is 437 g/mol. The fourth-order valence-electron chi connectivity index (χ4n) is 3.17. The molecule has 1 fully saturated rings. The molecule has 9 heteroatoms. The Bertz CT molecular complexity index is 947. The summed E-state index contributed by atoms with van der Waals surface area (Å²) < 4.78 is 33.4. The Labute approximate surface area is 176 Å². The van der Waals surface area contributed by atoms with E-state index in [0.717, 1.165) is 5.56 Å². The Morgan fingerprint density at radius 3 is 2.52 bits per heavy atom. The molecular formula is C20H24ClN3O4S. The number of ether oxygens (including phenoxy) is 1. The zero-order valence-electron chi connectivity index (χ0n) is 16.2. The molecule has 2 aromatic rings. The highest BCUT2D eigenvalue weighted by molar-refractivity contribution is 7.89. The van der Waals surface area contributed by atoms with Gasteiger partial charge in [-0.05, 0) is 23.8 Å². The lowest BCUT2D eigenvalue weighted by molar-refractivity contribution is -0.132. The van der Waals surface area contributed by atoms with Gasteiger partial charge in [0.2, 0.25) is 15.9 Å².